The van der Waals surface area contributed by atoms with Gasteiger partial charge in [-0.1, -0.05) is 23.4 Å². The number of rotatable bonds is 6. The standard InChI is InChI=1S/C17H16FN3O4S/c1-11-19-17(25-20-11)9-12-5-3-4-6-14(12)21-26(22,23)16-10-13(18)7-8-15(16)24-2/h3-8,10,21H,9H2,1-2H3. The van der Waals surface area contributed by atoms with E-state index in [4.69, 9.17) is 9.26 Å². The number of benzene rings is 2. The van der Waals surface area contributed by atoms with Crippen LogP contribution in [0.1, 0.15) is 17.3 Å². The Kier molecular flexibility index (Phi) is 4.90. The Morgan fingerprint density at radius 2 is 2.00 bits per heavy atom. The van der Waals surface area contributed by atoms with E-state index in [1.54, 1.807) is 31.2 Å². The largest absolute Gasteiger partial charge is 0.495 e. The zero-order valence-electron chi connectivity index (χ0n) is 14.1. The van der Waals surface area contributed by atoms with E-state index >= 15 is 0 Å². The Labute approximate surface area is 149 Å². The minimum atomic E-state index is -4.07. The molecule has 3 aromatic rings. The van der Waals surface area contributed by atoms with Gasteiger partial charge in [0, 0.05) is 0 Å². The van der Waals surface area contributed by atoms with Crippen LogP contribution in [0.3, 0.4) is 0 Å². The molecule has 9 heteroatoms. The van der Waals surface area contributed by atoms with Crippen molar-refractivity contribution in [3.05, 3.63) is 65.6 Å². The van der Waals surface area contributed by atoms with Crippen molar-refractivity contribution in [2.45, 2.75) is 18.2 Å². The van der Waals surface area contributed by atoms with Crippen molar-refractivity contribution in [2.75, 3.05) is 11.8 Å². The molecular weight excluding hydrogens is 361 g/mol. The molecule has 0 radical (unpaired) electrons. The number of anilines is 1. The van der Waals surface area contributed by atoms with Crippen LogP contribution in [0.5, 0.6) is 5.75 Å². The number of methoxy groups -OCH3 is 1. The Morgan fingerprint density at radius 1 is 1.23 bits per heavy atom. The first-order valence-corrected chi connectivity index (χ1v) is 9.11. The number of hydrogen-bond acceptors (Lipinski definition) is 6. The highest BCUT2D eigenvalue weighted by Gasteiger charge is 2.22. The summed E-state index contributed by atoms with van der Waals surface area (Å²) in [6.07, 6.45) is 0.250. The highest BCUT2D eigenvalue weighted by atomic mass is 32.2. The number of aryl methyl sites for hydroxylation is 1. The van der Waals surface area contributed by atoms with E-state index in [9.17, 15) is 12.8 Å². The molecule has 1 N–H and O–H groups in total. The number of sulfonamides is 1. The minimum absolute atomic E-state index is 0.0453. The third kappa shape index (κ3) is 3.83. The molecule has 0 unspecified atom stereocenters. The van der Waals surface area contributed by atoms with Crippen LogP contribution in [0.2, 0.25) is 0 Å². The number of halogens is 1. The van der Waals surface area contributed by atoms with E-state index in [2.05, 4.69) is 14.9 Å². The van der Waals surface area contributed by atoms with Gasteiger partial charge in [0.15, 0.2) is 5.82 Å². The number of para-hydroxylation sites is 1. The third-order valence-corrected chi connectivity index (χ3v) is 4.97. The highest BCUT2D eigenvalue weighted by molar-refractivity contribution is 7.92. The Balaban J connectivity index is 1.95. The summed E-state index contributed by atoms with van der Waals surface area (Å²) in [5.74, 6) is 0.213. The first-order chi connectivity index (χ1) is 12.4. The molecule has 3 rings (SSSR count). The molecule has 0 spiro atoms. The number of nitrogens with zero attached hydrogens (tertiary/aromatic N) is 2. The van der Waals surface area contributed by atoms with Gasteiger partial charge in [-0.2, -0.15) is 4.98 Å². The van der Waals surface area contributed by atoms with Crippen molar-refractivity contribution in [3.8, 4) is 5.75 Å². The number of aromatic nitrogens is 2. The van der Waals surface area contributed by atoms with Crippen molar-refractivity contribution >= 4 is 15.7 Å². The summed E-state index contributed by atoms with van der Waals surface area (Å²) in [5.41, 5.74) is 0.963. The van der Waals surface area contributed by atoms with E-state index in [0.29, 0.717) is 23.0 Å². The van der Waals surface area contributed by atoms with E-state index in [1.165, 1.54) is 13.2 Å². The maximum atomic E-state index is 13.5. The summed E-state index contributed by atoms with van der Waals surface area (Å²) in [4.78, 5) is 3.83. The summed E-state index contributed by atoms with van der Waals surface area (Å²) in [6, 6.07) is 10.1. The van der Waals surface area contributed by atoms with Crippen LogP contribution < -0.4 is 9.46 Å². The van der Waals surface area contributed by atoms with E-state index in [0.717, 1.165) is 12.1 Å². The molecule has 0 atom stereocenters. The van der Waals surface area contributed by atoms with Crippen LogP contribution in [0.4, 0.5) is 10.1 Å². The summed E-state index contributed by atoms with van der Waals surface area (Å²) in [6.45, 7) is 1.69. The number of ether oxygens (including phenoxy) is 1. The SMILES string of the molecule is COc1ccc(F)cc1S(=O)(=O)Nc1ccccc1Cc1nc(C)no1. The lowest BCUT2D eigenvalue weighted by molar-refractivity contribution is 0.381. The lowest BCUT2D eigenvalue weighted by Gasteiger charge is -2.14. The molecule has 0 aliphatic heterocycles. The second-order valence-corrected chi connectivity index (χ2v) is 7.12. The van der Waals surface area contributed by atoms with E-state index < -0.39 is 15.8 Å². The maximum absolute atomic E-state index is 13.5. The lowest BCUT2D eigenvalue weighted by Crippen LogP contribution is -2.15. The summed E-state index contributed by atoms with van der Waals surface area (Å²) in [7, 11) is -2.75. The number of nitrogens with one attached hydrogen (secondary N) is 1. The Hall–Kier alpha value is -2.94. The smallest absolute Gasteiger partial charge is 0.265 e. The van der Waals surface area contributed by atoms with Crippen LogP contribution in [-0.4, -0.2) is 25.7 Å². The fourth-order valence-electron chi connectivity index (χ4n) is 2.41. The maximum Gasteiger partial charge on any atom is 0.265 e. The fourth-order valence-corrected chi connectivity index (χ4v) is 3.69. The van der Waals surface area contributed by atoms with Gasteiger partial charge in [0.1, 0.15) is 16.5 Å². The summed E-state index contributed by atoms with van der Waals surface area (Å²) < 4.78 is 51.6. The molecule has 0 aliphatic rings. The zero-order valence-corrected chi connectivity index (χ0v) is 14.9. The van der Waals surface area contributed by atoms with Crippen LogP contribution in [0, 0.1) is 12.7 Å². The van der Waals surface area contributed by atoms with Crippen molar-refractivity contribution in [1.29, 1.82) is 0 Å². The molecule has 2 aromatic carbocycles. The van der Waals surface area contributed by atoms with Gasteiger partial charge < -0.3 is 9.26 Å². The van der Waals surface area contributed by atoms with Gasteiger partial charge in [0.2, 0.25) is 5.89 Å². The van der Waals surface area contributed by atoms with Crippen molar-refractivity contribution in [3.63, 3.8) is 0 Å². The Bertz CT molecular complexity index is 1030. The van der Waals surface area contributed by atoms with Gasteiger partial charge in [-0.15, -0.1) is 0 Å². The molecule has 26 heavy (non-hydrogen) atoms. The molecule has 0 bridgehead atoms. The molecule has 0 amide bonds. The third-order valence-electron chi connectivity index (χ3n) is 3.59. The van der Waals surface area contributed by atoms with Gasteiger partial charge in [-0.05, 0) is 36.8 Å². The quantitative estimate of drug-likeness (QED) is 0.710. The highest BCUT2D eigenvalue weighted by Crippen LogP contribution is 2.28. The second kappa shape index (κ2) is 7.12. The average molecular weight is 377 g/mol. The van der Waals surface area contributed by atoms with Crippen LogP contribution in [0.15, 0.2) is 51.9 Å². The first kappa shape index (κ1) is 17.9. The average Bonchev–Trinajstić information content (AvgIpc) is 3.01. The molecular formula is C17H16FN3O4S. The van der Waals surface area contributed by atoms with E-state index in [1.807, 2.05) is 0 Å². The fraction of sp³-hybridized carbons (Fsp3) is 0.176. The molecule has 1 heterocycles. The minimum Gasteiger partial charge on any atom is -0.495 e. The second-order valence-electron chi connectivity index (χ2n) is 5.47. The predicted octanol–water partition coefficient (Wildman–Crippen LogP) is 2.92. The first-order valence-electron chi connectivity index (χ1n) is 7.62. The van der Waals surface area contributed by atoms with Gasteiger partial charge >= 0.3 is 0 Å². The number of hydrogen-bond donors (Lipinski definition) is 1. The van der Waals surface area contributed by atoms with Gasteiger partial charge in [0.25, 0.3) is 10.0 Å². The monoisotopic (exact) mass is 377 g/mol. The topological polar surface area (TPSA) is 94.3 Å². The van der Waals surface area contributed by atoms with E-state index in [-0.39, 0.29) is 17.1 Å². The van der Waals surface area contributed by atoms with Crippen molar-refractivity contribution in [2.24, 2.45) is 0 Å². The van der Waals surface area contributed by atoms with Crippen molar-refractivity contribution in [1.82, 2.24) is 10.1 Å². The normalized spacial score (nSPS) is 11.3. The van der Waals surface area contributed by atoms with Crippen LogP contribution >= 0.6 is 0 Å². The molecule has 1 aromatic heterocycles. The molecule has 0 aliphatic carbocycles. The van der Waals surface area contributed by atoms with Crippen LogP contribution in [-0.2, 0) is 16.4 Å². The van der Waals surface area contributed by atoms with Gasteiger partial charge in [-0.3, -0.25) is 4.72 Å². The van der Waals surface area contributed by atoms with Crippen LogP contribution in [0.25, 0.3) is 0 Å². The van der Waals surface area contributed by atoms with Gasteiger partial charge in [0.05, 0.1) is 19.2 Å². The summed E-state index contributed by atoms with van der Waals surface area (Å²) in [5, 5.41) is 3.71. The molecule has 0 fully saturated rings. The zero-order chi connectivity index (χ0) is 18.7. The molecule has 0 saturated heterocycles. The molecule has 0 saturated carbocycles. The van der Waals surface area contributed by atoms with Crippen molar-refractivity contribution < 1.29 is 22.1 Å². The molecule has 7 nitrogen and oxygen atoms in total. The molecule has 136 valence electrons. The Morgan fingerprint density at radius 3 is 2.69 bits per heavy atom. The predicted molar refractivity (Wildman–Crippen MR) is 92.0 cm³/mol. The summed E-state index contributed by atoms with van der Waals surface area (Å²) >= 11 is 0. The van der Waals surface area contributed by atoms with Gasteiger partial charge in [-0.25, -0.2) is 12.8 Å². The lowest BCUT2D eigenvalue weighted by atomic mass is 10.1.